The number of amides is 1. The molecule has 0 fully saturated rings. The van der Waals surface area contributed by atoms with Crippen LogP contribution in [0.5, 0.6) is 0 Å². The van der Waals surface area contributed by atoms with Gasteiger partial charge in [-0.15, -0.1) is 11.3 Å². The van der Waals surface area contributed by atoms with Gasteiger partial charge in [0, 0.05) is 22.5 Å². The molecule has 3 heterocycles. The van der Waals surface area contributed by atoms with Crippen LogP contribution in [0, 0.1) is 6.92 Å². The normalized spacial score (nSPS) is 11.0. The van der Waals surface area contributed by atoms with Crippen molar-refractivity contribution < 1.29 is 4.79 Å². The fraction of sp³-hybridized carbons (Fsp3) is 0.273. The van der Waals surface area contributed by atoms with Crippen LogP contribution < -0.4 is 16.2 Å². The first-order chi connectivity index (χ1) is 15.0. The molecule has 0 saturated carbocycles. The summed E-state index contributed by atoms with van der Waals surface area (Å²) in [6.07, 6.45) is 1.44. The summed E-state index contributed by atoms with van der Waals surface area (Å²) in [7, 11) is 0. The third-order valence-corrected chi connectivity index (χ3v) is 5.93. The first-order valence-corrected chi connectivity index (χ1v) is 11.0. The molecule has 0 aliphatic heterocycles. The lowest BCUT2D eigenvalue weighted by molar-refractivity contribution is -0.116. The van der Waals surface area contributed by atoms with Crippen LogP contribution in [0.1, 0.15) is 35.0 Å². The molecule has 3 aromatic heterocycles. The highest BCUT2D eigenvalue weighted by Crippen LogP contribution is 2.13. The first kappa shape index (κ1) is 20.8. The van der Waals surface area contributed by atoms with Crippen molar-refractivity contribution in [3.63, 3.8) is 0 Å². The van der Waals surface area contributed by atoms with Crippen molar-refractivity contribution in [2.45, 2.75) is 39.7 Å². The minimum Gasteiger partial charge on any atom is -0.350 e. The number of hydrogen-bond donors (Lipinski definition) is 3. The van der Waals surface area contributed by atoms with E-state index in [1.165, 1.54) is 10.1 Å². The summed E-state index contributed by atoms with van der Waals surface area (Å²) in [5, 5.41) is 11.0. The van der Waals surface area contributed by atoms with Crippen LogP contribution in [0.4, 0.5) is 11.6 Å². The zero-order valence-electron chi connectivity index (χ0n) is 17.4. The predicted molar refractivity (Wildman–Crippen MR) is 123 cm³/mol. The van der Waals surface area contributed by atoms with E-state index in [9.17, 15) is 9.59 Å². The molecule has 4 aromatic rings. The molecule has 8 nitrogen and oxygen atoms in total. The molecule has 160 valence electrons. The van der Waals surface area contributed by atoms with Gasteiger partial charge in [-0.25, -0.2) is 4.98 Å². The molecule has 1 aromatic carbocycles. The second kappa shape index (κ2) is 9.13. The Labute approximate surface area is 183 Å². The highest BCUT2D eigenvalue weighted by molar-refractivity contribution is 7.09. The lowest BCUT2D eigenvalue weighted by atomic mass is 10.1. The van der Waals surface area contributed by atoms with Crippen LogP contribution in [0.25, 0.3) is 5.78 Å². The van der Waals surface area contributed by atoms with Gasteiger partial charge in [-0.3, -0.25) is 14.7 Å². The lowest BCUT2D eigenvalue weighted by Crippen LogP contribution is -2.23. The molecule has 31 heavy (non-hydrogen) atoms. The molecular weight excluding hydrogens is 412 g/mol. The summed E-state index contributed by atoms with van der Waals surface area (Å²) >= 11 is 1.64. The highest BCUT2D eigenvalue weighted by atomic mass is 32.1. The molecule has 0 radical (unpaired) electrons. The number of aryl methyl sites for hydroxylation is 2. The number of H-pyrrole nitrogens is 1. The number of aromatic amines is 1. The van der Waals surface area contributed by atoms with Crippen molar-refractivity contribution in [3.05, 3.63) is 73.8 Å². The van der Waals surface area contributed by atoms with E-state index in [1.54, 1.807) is 18.3 Å². The number of fused-ring (bicyclic) bond motifs is 1. The van der Waals surface area contributed by atoms with Gasteiger partial charge in [0.1, 0.15) is 0 Å². The minimum absolute atomic E-state index is 0.143. The number of anilines is 2. The number of thiophene rings is 1. The molecule has 0 bridgehead atoms. The molecule has 0 atom stereocenters. The van der Waals surface area contributed by atoms with Gasteiger partial charge < -0.3 is 10.6 Å². The summed E-state index contributed by atoms with van der Waals surface area (Å²) in [4.78, 5) is 35.2. The maximum atomic E-state index is 12.9. The van der Waals surface area contributed by atoms with Crippen LogP contribution in [0.3, 0.4) is 0 Å². The second-order valence-electron chi connectivity index (χ2n) is 7.22. The molecular formula is C22H24N6O2S. The smallest absolute Gasteiger partial charge is 0.277 e. The van der Waals surface area contributed by atoms with E-state index in [-0.39, 0.29) is 17.9 Å². The Bertz CT molecular complexity index is 1240. The summed E-state index contributed by atoms with van der Waals surface area (Å²) in [5.74, 6) is 0.638. The summed E-state index contributed by atoms with van der Waals surface area (Å²) < 4.78 is 1.32. The van der Waals surface area contributed by atoms with E-state index >= 15 is 0 Å². The zero-order valence-corrected chi connectivity index (χ0v) is 18.3. The minimum atomic E-state index is -0.237. The van der Waals surface area contributed by atoms with Crippen LogP contribution >= 0.6 is 11.3 Å². The third-order valence-electron chi connectivity index (χ3n) is 5.05. The number of nitrogens with one attached hydrogen (secondary N) is 3. The Morgan fingerprint density at radius 3 is 2.71 bits per heavy atom. The predicted octanol–water partition coefficient (Wildman–Crippen LogP) is 3.53. The van der Waals surface area contributed by atoms with Gasteiger partial charge in [0.2, 0.25) is 11.9 Å². The molecule has 1 amide bonds. The van der Waals surface area contributed by atoms with E-state index in [2.05, 4.69) is 32.6 Å². The lowest BCUT2D eigenvalue weighted by Gasteiger charge is -2.07. The summed E-state index contributed by atoms with van der Waals surface area (Å²) in [6, 6.07) is 11.8. The number of carbonyl (C=O) groups excluding carboxylic acids is 1. The Hall–Kier alpha value is -3.46. The van der Waals surface area contributed by atoms with Gasteiger partial charge in [-0.1, -0.05) is 25.1 Å². The number of hydrogen-bond acceptors (Lipinski definition) is 6. The summed E-state index contributed by atoms with van der Waals surface area (Å²) in [5.41, 5.74) is 2.81. The number of carbonyl (C=O) groups is 1. The number of nitrogens with zero attached hydrogens (tertiary/aromatic N) is 3. The van der Waals surface area contributed by atoms with E-state index in [0.717, 1.165) is 17.0 Å². The van der Waals surface area contributed by atoms with Crippen LogP contribution in [-0.2, 0) is 24.2 Å². The maximum Gasteiger partial charge on any atom is 0.277 e. The molecule has 0 aliphatic rings. The molecule has 3 N–H and O–H groups in total. The van der Waals surface area contributed by atoms with Gasteiger partial charge in [-0.2, -0.15) is 9.50 Å². The largest absolute Gasteiger partial charge is 0.350 e. The van der Waals surface area contributed by atoms with Gasteiger partial charge in [0.05, 0.1) is 12.2 Å². The van der Waals surface area contributed by atoms with Crippen molar-refractivity contribution in [1.29, 1.82) is 0 Å². The molecule has 9 heteroatoms. The van der Waals surface area contributed by atoms with Crippen molar-refractivity contribution >= 4 is 34.7 Å². The standard InChI is InChI=1S/C22H24N6O2S/c1-3-15-6-8-16(9-7-15)25-19(29)11-10-18-14(2)24-22-26-21(27-28(22)20(18)30)23-13-17-5-4-12-31-17/h4-9,12H,3,10-11,13H2,1-2H3,(H,25,29)(H2,23,24,26,27). The molecule has 0 saturated heterocycles. The topological polar surface area (TPSA) is 104 Å². The highest BCUT2D eigenvalue weighted by Gasteiger charge is 2.15. The van der Waals surface area contributed by atoms with Gasteiger partial charge in [-0.05, 0) is 48.9 Å². The van der Waals surface area contributed by atoms with Crippen LogP contribution in [-0.4, -0.2) is 25.5 Å². The quantitative estimate of drug-likeness (QED) is 0.392. The average molecular weight is 437 g/mol. The molecule has 0 aliphatic carbocycles. The van der Waals surface area contributed by atoms with E-state index < -0.39 is 0 Å². The molecule has 0 spiro atoms. The maximum absolute atomic E-state index is 12.9. The molecule has 0 unspecified atom stereocenters. The summed E-state index contributed by atoms with van der Waals surface area (Å²) in [6.45, 7) is 4.46. The Balaban J connectivity index is 1.44. The first-order valence-electron chi connectivity index (χ1n) is 10.2. The fourth-order valence-electron chi connectivity index (χ4n) is 3.29. The Kier molecular flexibility index (Phi) is 6.13. The fourth-order valence-corrected chi connectivity index (χ4v) is 3.94. The van der Waals surface area contributed by atoms with Crippen molar-refractivity contribution in [1.82, 2.24) is 19.6 Å². The Morgan fingerprint density at radius 2 is 2.00 bits per heavy atom. The van der Waals surface area contributed by atoms with Crippen LogP contribution in [0.2, 0.25) is 0 Å². The van der Waals surface area contributed by atoms with Gasteiger partial charge >= 0.3 is 0 Å². The zero-order chi connectivity index (χ0) is 21.8. The van der Waals surface area contributed by atoms with E-state index in [1.807, 2.05) is 41.8 Å². The Morgan fingerprint density at radius 1 is 1.19 bits per heavy atom. The SMILES string of the molecule is CCc1ccc(NC(=O)CCc2c(C)nc3nc(NCc4cccs4)[nH]n3c2=O)cc1. The van der Waals surface area contributed by atoms with Crippen molar-refractivity contribution in [2.75, 3.05) is 10.6 Å². The van der Waals surface area contributed by atoms with Gasteiger partial charge in [0.25, 0.3) is 11.3 Å². The monoisotopic (exact) mass is 436 g/mol. The van der Waals surface area contributed by atoms with E-state index in [0.29, 0.717) is 35.9 Å². The number of aromatic nitrogens is 4. The van der Waals surface area contributed by atoms with Crippen LogP contribution in [0.15, 0.2) is 46.6 Å². The third kappa shape index (κ3) is 4.83. The van der Waals surface area contributed by atoms with Crippen molar-refractivity contribution in [3.8, 4) is 0 Å². The number of rotatable bonds is 8. The van der Waals surface area contributed by atoms with Crippen molar-refractivity contribution in [2.24, 2.45) is 0 Å². The molecule has 4 rings (SSSR count). The second-order valence-corrected chi connectivity index (χ2v) is 8.25. The number of benzene rings is 1. The van der Waals surface area contributed by atoms with E-state index in [4.69, 9.17) is 0 Å². The van der Waals surface area contributed by atoms with Gasteiger partial charge in [0.15, 0.2) is 0 Å². The average Bonchev–Trinajstić information content (AvgIpc) is 3.42.